The summed E-state index contributed by atoms with van der Waals surface area (Å²) in [5.41, 5.74) is 0.121. The molecule has 1 aliphatic heterocycles. The van der Waals surface area contributed by atoms with Crippen molar-refractivity contribution < 1.29 is 19.5 Å². The lowest BCUT2D eigenvalue weighted by Crippen LogP contribution is -2.57. The minimum atomic E-state index is -1.17. The van der Waals surface area contributed by atoms with Crippen molar-refractivity contribution in [2.24, 2.45) is 0 Å². The monoisotopic (exact) mass is 278 g/mol. The molecule has 0 aromatic heterocycles. The van der Waals surface area contributed by atoms with Crippen LogP contribution < -0.4 is 5.32 Å². The molecule has 6 nitrogen and oxygen atoms in total. The number of piperidine rings is 1. The molecule has 1 heterocycles. The molecule has 3 amide bonds. The Bertz CT molecular complexity index is 480. The van der Waals surface area contributed by atoms with Crippen molar-refractivity contribution in [2.45, 2.75) is 32.0 Å². The minimum absolute atomic E-state index is 0.121. The Morgan fingerprint density at radius 1 is 1.55 bits per heavy atom. The number of imide groups is 1. The molecule has 0 aliphatic carbocycles. The van der Waals surface area contributed by atoms with E-state index in [9.17, 15) is 19.5 Å². The van der Waals surface area contributed by atoms with Crippen LogP contribution in [0.1, 0.15) is 19.8 Å². The highest BCUT2D eigenvalue weighted by molar-refractivity contribution is 6.04. The van der Waals surface area contributed by atoms with Gasteiger partial charge in [-0.15, -0.1) is 0 Å². The van der Waals surface area contributed by atoms with Gasteiger partial charge in [0.15, 0.2) is 0 Å². The van der Waals surface area contributed by atoms with Crippen LogP contribution in [-0.4, -0.2) is 40.0 Å². The first-order valence-electron chi connectivity index (χ1n) is 6.21. The number of carbonyl (C=O) groups is 3. The lowest BCUT2D eigenvalue weighted by Gasteiger charge is -2.35. The highest BCUT2D eigenvalue weighted by Gasteiger charge is 2.36. The summed E-state index contributed by atoms with van der Waals surface area (Å²) in [7, 11) is 0. The van der Waals surface area contributed by atoms with Gasteiger partial charge >= 0.3 is 0 Å². The van der Waals surface area contributed by atoms with E-state index in [0.717, 1.165) is 4.90 Å². The van der Waals surface area contributed by atoms with Crippen LogP contribution in [0.15, 0.2) is 37.0 Å². The summed E-state index contributed by atoms with van der Waals surface area (Å²) in [5, 5.41) is 11.9. The van der Waals surface area contributed by atoms with Crippen molar-refractivity contribution >= 4 is 17.7 Å². The quantitative estimate of drug-likeness (QED) is 0.327. The van der Waals surface area contributed by atoms with E-state index in [1.807, 2.05) is 0 Å². The second-order valence-corrected chi connectivity index (χ2v) is 4.43. The van der Waals surface area contributed by atoms with Gasteiger partial charge in [-0.05, 0) is 13.3 Å². The third-order valence-corrected chi connectivity index (χ3v) is 2.89. The van der Waals surface area contributed by atoms with Crippen molar-refractivity contribution in [2.75, 3.05) is 0 Å². The van der Waals surface area contributed by atoms with Crippen LogP contribution in [0.4, 0.5) is 0 Å². The van der Waals surface area contributed by atoms with Crippen molar-refractivity contribution in [3.8, 4) is 0 Å². The van der Waals surface area contributed by atoms with Gasteiger partial charge < -0.3 is 10.0 Å². The third-order valence-electron chi connectivity index (χ3n) is 2.89. The Hall–Kier alpha value is -2.21. The maximum absolute atomic E-state index is 12.2. The van der Waals surface area contributed by atoms with Gasteiger partial charge in [-0.1, -0.05) is 31.4 Å². The number of aliphatic hydroxyl groups excluding tert-OH is 1. The summed E-state index contributed by atoms with van der Waals surface area (Å²) in [4.78, 5) is 36.2. The first-order valence-corrected chi connectivity index (χ1v) is 6.21. The fourth-order valence-electron chi connectivity index (χ4n) is 1.94. The number of rotatable bonds is 5. The molecule has 1 aliphatic rings. The molecule has 2 atom stereocenters. The van der Waals surface area contributed by atoms with Gasteiger partial charge in [0.25, 0.3) is 5.91 Å². The molecular formula is C14H18N2O4. The molecule has 2 N–H and O–H groups in total. The fraction of sp³-hybridized carbons (Fsp3) is 0.357. The summed E-state index contributed by atoms with van der Waals surface area (Å²) in [6.07, 6.45) is 3.60. The molecule has 0 spiro atoms. The number of nitrogens with one attached hydrogen (secondary N) is 1. The molecule has 1 rings (SSSR count). The van der Waals surface area contributed by atoms with E-state index < -0.39 is 24.1 Å². The van der Waals surface area contributed by atoms with E-state index in [-0.39, 0.29) is 24.3 Å². The summed E-state index contributed by atoms with van der Waals surface area (Å²) in [5.74, 6) is -1.53. The molecule has 2 unspecified atom stereocenters. The molecule has 1 fully saturated rings. The first-order chi connectivity index (χ1) is 9.38. The lowest BCUT2D eigenvalue weighted by atomic mass is 10.0. The first kappa shape index (κ1) is 15.8. The predicted octanol–water partition coefficient (Wildman–Crippen LogP) is 0.257. The summed E-state index contributed by atoms with van der Waals surface area (Å²) in [6.45, 7) is 8.45. The zero-order valence-corrected chi connectivity index (χ0v) is 11.3. The number of allylic oxidation sites excluding steroid dienone is 2. The molecule has 0 aromatic rings. The summed E-state index contributed by atoms with van der Waals surface area (Å²) in [6, 6.07) is -0.880. The van der Waals surface area contributed by atoms with Crippen LogP contribution >= 0.6 is 0 Å². The molecular weight excluding hydrogens is 260 g/mol. The normalized spacial score (nSPS) is 20.4. The fourth-order valence-corrected chi connectivity index (χ4v) is 1.94. The summed E-state index contributed by atoms with van der Waals surface area (Å²) < 4.78 is 0. The molecule has 1 saturated heterocycles. The smallest absolute Gasteiger partial charge is 0.255 e. The third kappa shape index (κ3) is 3.64. The highest BCUT2D eigenvalue weighted by atomic mass is 16.3. The predicted molar refractivity (Wildman–Crippen MR) is 73.2 cm³/mol. The van der Waals surface area contributed by atoms with Gasteiger partial charge in [0.05, 0.1) is 0 Å². The highest BCUT2D eigenvalue weighted by Crippen LogP contribution is 2.17. The summed E-state index contributed by atoms with van der Waals surface area (Å²) >= 11 is 0. The average molecular weight is 278 g/mol. The van der Waals surface area contributed by atoms with Crippen LogP contribution in [0, 0.1) is 0 Å². The van der Waals surface area contributed by atoms with Crippen molar-refractivity contribution in [3.63, 3.8) is 0 Å². The average Bonchev–Trinajstić information content (AvgIpc) is 2.38. The Kier molecular flexibility index (Phi) is 5.40. The Morgan fingerprint density at radius 2 is 2.20 bits per heavy atom. The number of carbonyl (C=O) groups excluding carboxylic acids is 3. The lowest BCUT2D eigenvalue weighted by molar-refractivity contribution is -0.152. The SMILES string of the molecule is C=C/C=C\C(=C)C(=O)N(C(C)O)C1CCC(=O)NC1=O. The van der Waals surface area contributed by atoms with Gasteiger partial charge in [-0.2, -0.15) is 0 Å². The Balaban J connectivity index is 2.94. The van der Waals surface area contributed by atoms with Crippen LogP contribution in [0.3, 0.4) is 0 Å². The number of amides is 3. The topological polar surface area (TPSA) is 86.7 Å². The molecule has 108 valence electrons. The van der Waals surface area contributed by atoms with Gasteiger partial charge in [0.1, 0.15) is 12.3 Å². The van der Waals surface area contributed by atoms with Crippen LogP contribution in [0.25, 0.3) is 0 Å². The largest absolute Gasteiger partial charge is 0.374 e. The van der Waals surface area contributed by atoms with Crippen LogP contribution in [0.5, 0.6) is 0 Å². The van der Waals surface area contributed by atoms with Gasteiger partial charge in [0, 0.05) is 12.0 Å². The second-order valence-electron chi connectivity index (χ2n) is 4.43. The van der Waals surface area contributed by atoms with Gasteiger partial charge in [-0.25, -0.2) is 0 Å². The van der Waals surface area contributed by atoms with Gasteiger partial charge in [0.2, 0.25) is 11.8 Å². The molecule has 0 bridgehead atoms. The van der Waals surface area contributed by atoms with E-state index in [0.29, 0.717) is 0 Å². The van der Waals surface area contributed by atoms with Crippen LogP contribution in [0.2, 0.25) is 0 Å². The number of aliphatic hydroxyl groups is 1. The molecule has 0 aromatic carbocycles. The number of hydrogen-bond acceptors (Lipinski definition) is 4. The Morgan fingerprint density at radius 3 is 2.70 bits per heavy atom. The molecule has 0 radical (unpaired) electrons. The van der Waals surface area contributed by atoms with E-state index >= 15 is 0 Å². The molecule has 6 heteroatoms. The van der Waals surface area contributed by atoms with E-state index in [2.05, 4.69) is 18.5 Å². The van der Waals surface area contributed by atoms with Crippen molar-refractivity contribution in [1.82, 2.24) is 10.2 Å². The van der Waals surface area contributed by atoms with Gasteiger partial charge in [-0.3, -0.25) is 19.7 Å². The van der Waals surface area contributed by atoms with E-state index in [4.69, 9.17) is 0 Å². The van der Waals surface area contributed by atoms with E-state index in [1.165, 1.54) is 25.2 Å². The standard InChI is InChI=1S/C14H18N2O4/c1-4-5-6-9(2)14(20)16(10(3)17)11-7-8-12(18)15-13(11)19/h4-6,10-11,17H,1-2,7-8H2,3H3,(H,15,18,19)/b6-5-. The van der Waals surface area contributed by atoms with Crippen LogP contribution in [-0.2, 0) is 14.4 Å². The maximum atomic E-state index is 12.2. The number of hydrogen-bond donors (Lipinski definition) is 2. The zero-order chi connectivity index (χ0) is 15.3. The maximum Gasteiger partial charge on any atom is 0.255 e. The Labute approximate surface area is 117 Å². The van der Waals surface area contributed by atoms with Crippen molar-refractivity contribution in [3.05, 3.63) is 37.0 Å². The van der Waals surface area contributed by atoms with Crippen molar-refractivity contribution in [1.29, 1.82) is 0 Å². The molecule has 0 saturated carbocycles. The number of nitrogens with zero attached hydrogens (tertiary/aromatic N) is 1. The van der Waals surface area contributed by atoms with E-state index in [1.54, 1.807) is 0 Å². The minimum Gasteiger partial charge on any atom is -0.374 e. The second kappa shape index (κ2) is 6.81. The molecule has 20 heavy (non-hydrogen) atoms. The zero-order valence-electron chi connectivity index (χ0n) is 11.3.